The molecule has 3 aliphatic heterocycles. The third-order valence-electron chi connectivity index (χ3n) is 8.73. The molecule has 4 heterocycles. The van der Waals surface area contributed by atoms with Gasteiger partial charge in [-0.05, 0) is 68.9 Å². The van der Waals surface area contributed by atoms with E-state index in [2.05, 4.69) is 15.5 Å². The Balaban J connectivity index is 1.28. The summed E-state index contributed by atoms with van der Waals surface area (Å²) in [5.74, 6) is -1.47. The molecule has 0 spiro atoms. The summed E-state index contributed by atoms with van der Waals surface area (Å²) in [6, 6.07) is 2.34. The molecule has 2 saturated heterocycles. The number of urea groups is 2. The first-order valence-corrected chi connectivity index (χ1v) is 15.8. The van der Waals surface area contributed by atoms with E-state index in [4.69, 9.17) is 11.6 Å². The molecule has 44 heavy (non-hydrogen) atoms. The van der Waals surface area contributed by atoms with Crippen LogP contribution in [0.3, 0.4) is 0 Å². The topological polar surface area (TPSA) is 108 Å². The number of benzene rings is 1. The van der Waals surface area contributed by atoms with Crippen LogP contribution in [0.5, 0.6) is 5.75 Å². The first kappa shape index (κ1) is 32.2. The maximum absolute atomic E-state index is 13.7. The van der Waals surface area contributed by atoms with Crippen LogP contribution < -0.4 is 10.6 Å². The van der Waals surface area contributed by atoms with E-state index >= 15 is 0 Å². The lowest BCUT2D eigenvalue weighted by Gasteiger charge is -2.40. The van der Waals surface area contributed by atoms with Gasteiger partial charge < -0.3 is 30.0 Å². The fourth-order valence-electron chi connectivity index (χ4n) is 6.16. The number of hydrogen-bond acceptors (Lipinski definition) is 6. The van der Waals surface area contributed by atoms with Crippen LogP contribution in [0.2, 0.25) is 5.02 Å². The quantitative estimate of drug-likeness (QED) is 0.414. The lowest BCUT2D eigenvalue weighted by atomic mass is 9.99. The molecular weight excluding hydrogens is 621 g/mol. The number of thiophene rings is 1. The number of aromatic hydroxyl groups is 1. The summed E-state index contributed by atoms with van der Waals surface area (Å²) in [5, 5.41) is 17.9. The van der Waals surface area contributed by atoms with Gasteiger partial charge in [0.05, 0.1) is 17.1 Å². The second-order valence-corrected chi connectivity index (χ2v) is 13.1. The molecule has 3 aliphatic rings. The van der Waals surface area contributed by atoms with E-state index in [0.29, 0.717) is 51.6 Å². The van der Waals surface area contributed by atoms with Crippen molar-refractivity contribution in [3.05, 3.63) is 45.3 Å². The lowest BCUT2D eigenvalue weighted by Crippen LogP contribution is -2.57. The molecule has 0 unspecified atom stereocenters. The molecule has 0 radical (unpaired) electrons. The van der Waals surface area contributed by atoms with Crippen molar-refractivity contribution >= 4 is 45.9 Å². The van der Waals surface area contributed by atoms with Crippen molar-refractivity contribution in [1.29, 1.82) is 0 Å². The highest BCUT2D eigenvalue weighted by Gasteiger charge is 2.38. The monoisotopic (exact) mass is 656 g/mol. The van der Waals surface area contributed by atoms with Crippen LogP contribution in [-0.4, -0.2) is 101 Å². The number of anilines is 1. The average Bonchev–Trinajstić information content (AvgIpc) is 3.44. The van der Waals surface area contributed by atoms with Crippen LogP contribution >= 0.6 is 22.9 Å². The van der Waals surface area contributed by atoms with E-state index in [9.17, 15) is 32.7 Å². The Labute approximate surface area is 262 Å². The third kappa shape index (κ3) is 7.02. The minimum atomic E-state index is -4.86. The van der Waals surface area contributed by atoms with Gasteiger partial charge in [0.1, 0.15) is 16.8 Å². The number of carbonyl (C=O) groups is 3. The van der Waals surface area contributed by atoms with Crippen LogP contribution in [0.15, 0.2) is 23.6 Å². The molecule has 0 aliphatic carbocycles. The second-order valence-electron chi connectivity index (χ2n) is 11.7. The number of carbonyl (C=O) groups excluding carboxylic acids is 3. The maximum atomic E-state index is 13.7. The van der Waals surface area contributed by atoms with Crippen molar-refractivity contribution in [3.8, 4) is 5.75 Å². The van der Waals surface area contributed by atoms with E-state index in [1.54, 1.807) is 14.7 Å². The second kappa shape index (κ2) is 13.0. The zero-order valence-corrected chi connectivity index (χ0v) is 26.1. The van der Waals surface area contributed by atoms with Gasteiger partial charge in [0, 0.05) is 50.2 Å². The number of rotatable bonds is 6. The van der Waals surface area contributed by atoms with Gasteiger partial charge in [0.2, 0.25) is 5.91 Å². The molecule has 0 saturated carbocycles. The molecule has 1 atom stereocenters. The standard InChI is InChI=1S/C29H36ClF3N6O4S/c1-36(2)19-3-8-37(9-4-19)26(41)23(15-17-13-21(29(31,32)33)24(40)22(30)14-17)34-27(42)38-10-5-20(6-11-38)39-16-18-7-12-44-25(18)35-28(39)43/h7,12-14,19-20,23,40H,3-6,8-11,15-16H2,1-2H3,(H,34,42)(H,35,43)/t23-/m1/s1. The first-order valence-electron chi connectivity index (χ1n) is 14.5. The number of phenols is 1. The third-order valence-corrected chi connectivity index (χ3v) is 9.89. The Morgan fingerprint density at radius 2 is 1.80 bits per heavy atom. The zero-order chi connectivity index (χ0) is 31.8. The molecule has 2 fully saturated rings. The number of fused-ring (bicyclic) bond motifs is 1. The van der Waals surface area contributed by atoms with Crippen molar-refractivity contribution in [3.63, 3.8) is 0 Å². The van der Waals surface area contributed by atoms with E-state index in [-0.39, 0.29) is 30.0 Å². The van der Waals surface area contributed by atoms with Gasteiger partial charge in [-0.15, -0.1) is 11.3 Å². The number of piperidine rings is 2. The Bertz CT molecular complexity index is 1390. The summed E-state index contributed by atoms with van der Waals surface area (Å²) >= 11 is 7.42. The van der Waals surface area contributed by atoms with Crippen LogP contribution in [0.1, 0.15) is 42.4 Å². The first-order chi connectivity index (χ1) is 20.8. The van der Waals surface area contributed by atoms with Crippen molar-refractivity contribution < 1.29 is 32.7 Å². The summed E-state index contributed by atoms with van der Waals surface area (Å²) in [4.78, 5) is 46.9. The molecular formula is C29H36ClF3N6O4S. The molecule has 5 amide bonds. The van der Waals surface area contributed by atoms with E-state index in [1.807, 2.05) is 25.5 Å². The molecule has 5 rings (SSSR count). The fraction of sp³-hybridized carbons (Fsp3) is 0.552. The number of hydrogen-bond donors (Lipinski definition) is 3. The van der Waals surface area contributed by atoms with Crippen molar-refractivity contribution in [1.82, 2.24) is 24.9 Å². The summed E-state index contributed by atoms with van der Waals surface area (Å²) in [6.45, 7) is 2.09. The van der Waals surface area contributed by atoms with Gasteiger partial charge in [0.15, 0.2) is 0 Å². The summed E-state index contributed by atoms with van der Waals surface area (Å²) in [6.07, 6.45) is -2.56. The number of amides is 5. The minimum Gasteiger partial charge on any atom is -0.506 e. The van der Waals surface area contributed by atoms with Crippen molar-refractivity contribution in [2.45, 2.75) is 63.0 Å². The van der Waals surface area contributed by atoms with Gasteiger partial charge in [-0.25, -0.2) is 9.59 Å². The predicted molar refractivity (Wildman–Crippen MR) is 161 cm³/mol. The lowest BCUT2D eigenvalue weighted by molar-refractivity contribution is -0.138. The van der Waals surface area contributed by atoms with Gasteiger partial charge in [-0.3, -0.25) is 10.1 Å². The Morgan fingerprint density at radius 1 is 1.14 bits per heavy atom. The van der Waals surface area contributed by atoms with E-state index < -0.39 is 34.6 Å². The Kier molecular flexibility index (Phi) is 9.52. The van der Waals surface area contributed by atoms with Crippen molar-refractivity contribution in [2.75, 3.05) is 45.6 Å². The van der Waals surface area contributed by atoms with Gasteiger partial charge in [0.25, 0.3) is 0 Å². The fourth-order valence-corrected chi connectivity index (χ4v) is 7.20. The summed E-state index contributed by atoms with van der Waals surface area (Å²) in [7, 11) is 3.94. The highest BCUT2D eigenvalue weighted by molar-refractivity contribution is 7.14. The zero-order valence-electron chi connectivity index (χ0n) is 24.5. The number of alkyl halides is 3. The van der Waals surface area contributed by atoms with Crippen LogP contribution in [0.4, 0.5) is 27.8 Å². The maximum Gasteiger partial charge on any atom is 0.420 e. The Morgan fingerprint density at radius 3 is 2.43 bits per heavy atom. The number of halogens is 4. The largest absolute Gasteiger partial charge is 0.506 e. The van der Waals surface area contributed by atoms with Crippen LogP contribution in [0.25, 0.3) is 0 Å². The number of nitrogens with zero attached hydrogens (tertiary/aromatic N) is 4. The summed E-state index contributed by atoms with van der Waals surface area (Å²) in [5.41, 5.74) is -0.193. The summed E-state index contributed by atoms with van der Waals surface area (Å²) < 4.78 is 40.8. The highest BCUT2D eigenvalue weighted by atomic mass is 35.5. The molecule has 1 aromatic heterocycles. The smallest absolute Gasteiger partial charge is 0.420 e. The van der Waals surface area contributed by atoms with E-state index in [1.165, 1.54) is 17.4 Å². The molecule has 3 N–H and O–H groups in total. The molecule has 2 aromatic rings. The SMILES string of the molecule is CN(C)C1CCN(C(=O)[C@@H](Cc2cc(Cl)c(O)c(C(F)(F)F)c2)NC(=O)N2CCC(N3Cc4ccsc4NC3=O)CC2)CC1. The number of nitrogens with one attached hydrogen (secondary N) is 2. The predicted octanol–water partition coefficient (Wildman–Crippen LogP) is 4.81. The Hall–Kier alpha value is -3.23. The molecule has 15 heteroatoms. The normalized spacial score (nSPS) is 19.2. The molecule has 0 bridgehead atoms. The van der Waals surface area contributed by atoms with Crippen LogP contribution in [-0.2, 0) is 23.9 Å². The number of phenolic OH excluding ortho intramolecular Hbond substituents is 1. The molecule has 10 nitrogen and oxygen atoms in total. The van der Waals surface area contributed by atoms with Gasteiger partial charge >= 0.3 is 18.2 Å². The van der Waals surface area contributed by atoms with Gasteiger partial charge in [-0.2, -0.15) is 13.2 Å². The van der Waals surface area contributed by atoms with E-state index in [0.717, 1.165) is 29.5 Å². The van der Waals surface area contributed by atoms with Crippen LogP contribution in [0, 0.1) is 0 Å². The average molecular weight is 657 g/mol. The highest BCUT2D eigenvalue weighted by Crippen LogP contribution is 2.40. The van der Waals surface area contributed by atoms with Crippen molar-refractivity contribution in [2.24, 2.45) is 0 Å². The number of likely N-dealkylation sites (tertiary alicyclic amines) is 2. The minimum absolute atomic E-state index is 0.0598. The molecule has 1 aromatic carbocycles. The van der Waals surface area contributed by atoms with Gasteiger partial charge in [-0.1, -0.05) is 11.6 Å². The molecule has 240 valence electrons.